The van der Waals surface area contributed by atoms with Gasteiger partial charge in [0.25, 0.3) is 0 Å². The predicted molar refractivity (Wildman–Crippen MR) is 69.6 cm³/mol. The van der Waals surface area contributed by atoms with Gasteiger partial charge in [0.15, 0.2) is 0 Å². The summed E-state index contributed by atoms with van der Waals surface area (Å²) in [6.07, 6.45) is 1.11. The van der Waals surface area contributed by atoms with Gasteiger partial charge in [0.05, 0.1) is 11.6 Å². The third-order valence-corrected chi connectivity index (χ3v) is 3.82. The van der Waals surface area contributed by atoms with Crippen LogP contribution in [0.2, 0.25) is 0 Å². The Morgan fingerprint density at radius 1 is 1.50 bits per heavy atom. The summed E-state index contributed by atoms with van der Waals surface area (Å²) in [6.45, 7) is 3.44. The standard InChI is InChI=1S/C12H17BrN2O/c1-9-12(8-14,6-7-16-9)15-11-4-2-10(13)3-5-11/h2-5,9,15H,6-8,14H2,1H3. The number of anilines is 1. The second-order valence-electron chi connectivity index (χ2n) is 4.26. The van der Waals surface area contributed by atoms with E-state index in [2.05, 4.69) is 28.2 Å². The van der Waals surface area contributed by atoms with Crippen LogP contribution < -0.4 is 11.1 Å². The normalized spacial score (nSPS) is 29.3. The van der Waals surface area contributed by atoms with Gasteiger partial charge in [-0.1, -0.05) is 15.9 Å². The Hall–Kier alpha value is -0.580. The van der Waals surface area contributed by atoms with Crippen LogP contribution in [0.5, 0.6) is 0 Å². The van der Waals surface area contributed by atoms with Gasteiger partial charge < -0.3 is 15.8 Å². The summed E-state index contributed by atoms with van der Waals surface area (Å²) in [5.74, 6) is 0. The fourth-order valence-corrected chi connectivity index (χ4v) is 2.35. The molecule has 1 fully saturated rings. The summed E-state index contributed by atoms with van der Waals surface area (Å²) in [7, 11) is 0. The van der Waals surface area contributed by atoms with Gasteiger partial charge in [-0.25, -0.2) is 0 Å². The minimum atomic E-state index is -0.117. The molecule has 2 atom stereocenters. The van der Waals surface area contributed by atoms with E-state index in [9.17, 15) is 0 Å². The van der Waals surface area contributed by atoms with Crippen molar-refractivity contribution in [1.29, 1.82) is 0 Å². The summed E-state index contributed by atoms with van der Waals surface area (Å²) < 4.78 is 6.68. The second-order valence-corrected chi connectivity index (χ2v) is 5.17. The average Bonchev–Trinajstić information content (AvgIpc) is 2.64. The summed E-state index contributed by atoms with van der Waals surface area (Å²) >= 11 is 3.42. The van der Waals surface area contributed by atoms with E-state index < -0.39 is 0 Å². The molecule has 1 heterocycles. The van der Waals surface area contributed by atoms with E-state index in [1.165, 1.54) is 0 Å². The molecule has 0 saturated carbocycles. The van der Waals surface area contributed by atoms with Crippen LogP contribution in [0, 0.1) is 0 Å². The highest BCUT2D eigenvalue weighted by Crippen LogP contribution is 2.29. The molecule has 0 bridgehead atoms. The number of halogens is 1. The van der Waals surface area contributed by atoms with Gasteiger partial charge >= 0.3 is 0 Å². The molecule has 1 saturated heterocycles. The predicted octanol–water partition coefficient (Wildman–Crippen LogP) is 2.37. The summed E-state index contributed by atoms with van der Waals surface area (Å²) in [6, 6.07) is 8.14. The van der Waals surface area contributed by atoms with Gasteiger partial charge in [0.1, 0.15) is 0 Å². The lowest BCUT2D eigenvalue weighted by molar-refractivity contribution is 0.103. The number of nitrogens with one attached hydrogen (secondary N) is 1. The Kier molecular flexibility index (Phi) is 3.52. The van der Waals surface area contributed by atoms with E-state index >= 15 is 0 Å². The highest BCUT2D eigenvalue weighted by atomic mass is 79.9. The summed E-state index contributed by atoms with van der Waals surface area (Å²) in [5.41, 5.74) is 6.86. The number of benzene rings is 1. The van der Waals surface area contributed by atoms with Gasteiger partial charge in [-0.15, -0.1) is 0 Å². The molecule has 1 aromatic rings. The maximum Gasteiger partial charge on any atom is 0.0789 e. The second kappa shape index (κ2) is 4.73. The number of nitrogens with two attached hydrogens (primary N) is 1. The van der Waals surface area contributed by atoms with Crippen LogP contribution in [0.1, 0.15) is 13.3 Å². The molecule has 2 unspecified atom stereocenters. The van der Waals surface area contributed by atoms with Crippen LogP contribution in [-0.2, 0) is 4.74 Å². The van der Waals surface area contributed by atoms with Gasteiger partial charge in [0.2, 0.25) is 0 Å². The van der Waals surface area contributed by atoms with Gasteiger partial charge in [-0.2, -0.15) is 0 Å². The van der Waals surface area contributed by atoms with Crippen molar-refractivity contribution in [2.75, 3.05) is 18.5 Å². The van der Waals surface area contributed by atoms with Gasteiger partial charge in [0, 0.05) is 23.3 Å². The van der Waals surface area contributed by atoms with Crippen LogP contribution in [0.3, 0.4) is 0 Å². The van der Waals surface area contributed by atoms with Crippen molar-refractivity contribution in [3.05, 3.63) is 28.7 Å². The van der Waals surface area contributed by atoms with Crippen molar-refractivity contribution in [1.82, 2.24) is 0 Å². The van der Waals surface area contributed by atoms with Crippen molar-refractivity contribution in [2.24, 2.45) is 5.73 Å². The molecular weight excluding hydrogens is 268 g/mol. The molecule has 0 aliphatic carbocycles. The molecule has 4 heteroatoms. The van der Waals surface area contributed by atoms with E-state index in [-0.39, 0.29) is 11.6 Å². The quantitative estimate of drug-likeness (QED) is 0.896. The molecule has 1 aromatic carbocycles. The van der Waals surface area contributed by atoms with Crippen LogP contribution in [0.15, 0.2) is 28.7 Å². The van der Waals surface area contributed by atoms with Crippen molar-refractivity contribution < 1.29 is 4.74 Å². The smallest absolute Gasteiger partial charge is 0.0789 e. The molecule has 3 nitrogen and oxygen atoms in total. The Labute approximate surface area is 104 Å². The van der Waals surface area contributed by atoms with E-state index in [1.54, 1.807) is 0 Å². The lowest BCUT2D eigenvalue weighted by atomic mass is 9.92. The number of ether oxygens (including phenoxy) is 1. The largest absolute Gasteiger partial charge is 0.376 e. The summed E-state index contributed by atoms with van der Waals surface area (Å²) in [4.78, 5) is 0. The zero-order valence-electron chi connectivity index (χ0n) is 9.37. The maximum absolute atomic E-state index is 5.89. The Morgan fingerprint density at radius 3 is 2.69 bits per heavy atom. The van der Waals surface area contributed by atoms with Crippen molar-refractivity contribution in [2.45, 2.75) is 25.0 Å². The maximum atomic E-state index is 5.89. The van der Waals surface area contributed by atoms with Crippen molar-refractivity contribution in [3.63, 3.8) is 0 Å². The molecule has 0 spiro atoms. The monoisotopic (exact) mass is 284 g/mol. The lowest BCUT2D eigenvalue weighted by Crippen LogP contribution is -2.50. The highest BCUT2D eigenvalue weighted by molar-refractivity contribution is 9.10. The van der Waals surface area contributed by atoms with E-state index in [0.717, 1.165) is 23.2 Å². The third-order valence-electron chi connectivity index (χ3n) is 3.30. The molecule has 0 radical (unpaired) electrons. The first-order valence-electron chi connectivity index (χ1n) is 5.52. The fourth-order valence-electron chi connectivity index (χ4n) is 2.08. The zero-order chi connectivity index (χ0) is 11.6. The molecule has 1 aliphatic rings. The first kappa shape index (κ1) is 11.9. The summed E-state index contributed by atoms with van der Waals surface area (Å²) in [5, 5.41) is 3.51. The first-order chi connectivity index (χ1) is 7.66. The lowest BCUT2D eigenvalue weighted by Gasteiger charge is -2.33. The van der Waals surface area contributed by atoms with Crippen LogP contribution >= 0.6 is 15.9 Å². The molecule has 3 N–H and O–H groups in total. The minimum Gasteiger partial charge on any atom is -0.376 e. The highest BCUT2D eigenvalue weighted by Gasteiger charge is 2.40. The van der Waals surface area contributed by atoms with Crippen LogP contribution in [-0.4, -0.2) is 24.8 Å². The molecular formula is C12H17BrN2O. The topological polar surface area (TPSA) is 47.3 Å². The molecule has 1 aliphatic heterocycles. The molecule has 16 heavy (non-hydrogen) atoms. The van der Waals surface area contributed by atoms with Crippen molar-refractivity contribution in [3.8, 4) is 0 Å². The Morgan fingerprint density at radius 2 is 2.19 bits per heavy atom. The van der Waals surface area contributed by atoms with E-state index in [4.69, 9.17) is 10.5 Å². The van der Waals surface area contributed by atoms with Crippen LogP contribution in [0.25, 0.3) is 0 Å². The number of rotatable bonds is 3. The number of hydrogen-bond donors (Lipinski definition) is 2. The van der Waals surface area contributed by atoms with E-state index in [0.29, 0.717) is 6.54 Å². The molecule has 2 rings (SSSR count). The van der Waals surface area contributed by atoms with Gasteiger partial charge in [-0.05, 0) is 37.6 Å². The van der Waals surface area contributed by atoms with Crippen LogP contribution in [0.4, 0.5) is 5.69 Å². The molecule has 88 valence electrons. The van der Waals surface area contributed by atoms with E-state index in [1.807, 2.05) is 24.3 Å². The minimum absolute atomic E-state index is 0.117. The fraction of sp³-hybridized carbons (Fsp3) is 0.500. The SMILES string of the molecule is CC1OCCC1(CN)Nc1ccc(Br)cc1. The van der Waals surface area contributed by atoms with Gasteiger partial charge in [-0.3, -0.25) is 0 Å². The molecule has 0 amide bonds. The number of hydrogen-bond acceptors (Lipinski definition) is 3. The average molecular weight is 285 g/mol. The molecule has 0 aromatic heterocycles. The zero-order valence-corrected chi connectivity index (χ0v) is 11.0. The first-order valence-corrected chi connectivity index (χ1v) is 6.31. The third kappa shape index (κ3) is 2.24. The van der Waals surface area contributed by atoms with Crippen molar-refractivity contribution >= 4 is 21.6 Å². The Bertz CT molecular complexity index is 355. The Balaban J connectivity index is 2.15.